The first-order chi connectivity index (χ1) is 9.30. The van der Waals surface area contributed by atoms with Gasteiger partial charge in [0.2, 0.25) is 0 Å². The first kappa shape index (κ1) is 14.9. The molecule has 4 heteroatoms. The van der Waals surface area contributed by atoms with Gasteiger partial charge in [-0.05, 0) is 24.0 Å². The molecule has 0 aliphatic rings. The van der Waals surface area contributed by atoms with Crippen LogP contribution < -0.4 is 4.74 Å². The standard InChI is InChI=1S/C16H21ClN2O/c1-11-15(17)13(19(5)18-11)10-20-14-9-7-6-8-12(14)16(2,3)4/h6-9H,10H2,1-5H3. The second kappa shape index (κ2) is 5.49. The van der Waals surface area contributed by atoms with Crippen LogP contribution in [0.5, 0.6) is 5.75 Å². The van der Waals surface area contributed by atoms with Crippen molar-refractivity contribution in [2.45, 2.75) is 39.7 Å². The van der Waals surface area contributed by atoms with E-state index in [4.69, 9.17) is 16.3 Å². The maximum Gasteiger partial charge on any atom is 0.131 e. The maximum absolute atomic E-state index is 6.25. The quantitative estimate of drug-likeness (QED) is 0.845. The normalized spacial score (nSPS) is 11.7. The molecule has 1 heterocycles. The zero-order valence-electron chi connectivity index (χ0n) is 12.7. The second-order valence-corrected chi connectivity index (χ2v) is 6.38. The molecule has 0 spiro atoms. The van der Waals surface area contributed by atoms with Gasteiger partial charge in [-0.3, -0.25) is 4.68 Å². The highest BCUT2D eigenvalue weighted by Gasteiger charge is 2.19. The van der Waals surface area contributed by atoms with Gasteiger partial charge in [-0.15, -0.1) is 0 Å². The lowest BCUT2D eigenvalue weighted by Gasteiger charge is -2.22. The molecule has 0 atom stereocenters. The van der Waals surface area contributed by atoms with Gasteiger partial charge in [0.15, 0.2) is 0 Å². The summed E-state index contributed by atoms with van der Waals surface area (Å²) in [6.07, 6.45) is 0. The molecule has 0 aliphatic carbocycles. The lowest BCUT2D eigenvalue weighted by Crippen LogP contribution is -2.14. The first-order valence-electron chi connectivity index (χ1n) is 6.71. The fourth-order valence-corrected chi connectivity index (χ4v) is 2.41. The van der Waals surface area contributed by atoms with E-state index in [1.54, 1.807) is 4.68 Å². The number of nitrogens with zero attached hydrogens (tertiary/aromatic N) is 2. The molecule has 0 N–H and O–H groups in total. The number of halogens is 1. The molecule has 20 heavy (non-hydrogen) atoms. The Morgan fingerprint density at radius 2 is 1.90 bits per heavy atom. The summed E-state index contributed by atoms with van der Waals surface area (Å²) in [5, 5.41) is 4.98. The lowest BCUT2D eigenvalue weighted by atomic mass is 9.86. The van der Waals surface area contributed by atoms with E-state index in [1.165, 1.54) is 5.56 Å². The average molecular weight is 293 g/mol. The zero-order valence-corrected chi connectivity index (χ0v) is 13.5. The fourth-order valence-electron chi connectivity index (χ4n) is 2.20. The Hall–Kier alpha value is -1.48. The van der Waals surface area contributed by atoms with Crippen molar-refractivity contribution in [3.8, 4) is 5.75 Å². The molecule has 0 aliphatic heterocycles. The molecule has 0 fully saturated rings. The van der Waals surface area contributed by atoms with Gasteiger partial charge in [0.25, 0.3) is 0 Å². The van der Waals surface area contributed by atoms with Crippen LogP contribution in [0.4, 0.5) is 0 Å². The number of hydrogen-bond acceptors (Lipinski definition) is 2. The summed E-state index contributed by atoms with van der Waals surface area (Å²) in [5.41, 5.74) is 2.96. The van der Waals surface area contributed by atoms with Gasteiger partial charge < -0.3 is 4.74 Å². The van der Waals surface area contributed by atoms with E-state index in [1.807, 2.05) is 32.2 Å². The van der Waals surface area contributed by atoms with Crippen molar-refractivity contribution in [1.82, 2.24) is 9.78 Å². The summed E-state index contributed by atoms with van der Waals surface area (Å²) >= 11 is 6.25. The monoisotopic (exact) mass is 292 g/mol. The van der Waals surface area contributed by atoms with Gasteiger partial charge in [0.05, 0.1) is 16.4 Å². The van der Waals surface area contributed by atoms with Gasteiger partial charge in [-0.2, -0.15) is 5.10 Å². The molecule has 0 saturated heterocycles. The van der Waals surface area contributed by atoms with Crippen LogP contribution in [-0.2, 0) is 19.1 Å². The van der Waals surface area contributed by atoms with Crippen molar-refractivity contribution in [2.24, 2.45) is 7.05 Å². The third kappa shape index (κ3) is 2.98. The number of aromatic nitrogens is 2. The zero-order chi connectivity index (χ0) is 14.9. The molecule has 0 amide bonds. The van der Waals surface area contributed by atoms with E-state index >= 15 is 0 Å². The Kier molecular flexibility index (Phi) is 4.09. The Labute approximate surface area is 125 Å². The van der Waals surface area contributed by atoms with E-state index in [9.17, 15) is 0 Å². The number of para-hydroxylation sites is 1. The van der Waals surface area contributed by atoms with Crippen LogP contribution in [0.1, 0.15) is 37.7 Å². The van der Waals surface area contributed by atoms with Crippen molar-refractivity contribution < 1.29 is 4.74 Å². The van der Waals surface area contributed by atoms with Crippen molar-refractivity contribution >= 4 is 11.6 Å². The minimum atomic E-state index is 0.0444. The van der Waals surface area contributed by atoms with Crippen LogP contribution in [0, 0.1) is 6.92 Å². The fraction of sp³-hybridized carbons (Fsp3) is 0.438. The topological polar surface area (TPSA) is 27.1 Å². The predicted molar refractivity (Wildman–Crippen MR) is 82.4 cm³/mol. The van der Waals surface area contributed by atoms with Gasteiger partial charge in [-0.25, -0.2) is 0 Å². The lowest BCUT2D eigenvalue weighted by molar-refractivity contribution is 0.287. The third-order valence-corrected chi connectivity index (χ3v) is 3.81. The van der Waals surface area contributed by atoms with E-state index in [-0.39, 0.29) is 5.41 Å². The number of hydrogen-bond donors (Lipinski definition) is 0. The van der Waals surface area contributed by atoms with Crippen LogP contribution in [0.3, 0.4) is 0 Å². The molecule has 1 aromatic carbocycles. The SMILES string of the molecule is Cc1nn(C)c(COc2ccccc2C(C)(C)C)c1Cl. The maximum atomic E-state index is 6.25. The molecule has 0 bridgehead atoms. The van der Waals surface area contributed by atoms with Gasteiger partial charge >= 0.3 is 0 Å². The predicted octanol–water partition coefficient (Wildman–Crippen LogP) is 4.26. The molecule has 2 aromatic rings. The Morgan fingerprint density at radius 1 is 1.25 bits per heavy atom. The van der Waals surface area contributed by atoms with Crippen molar-refractivity contribution in [2.75, 3.05) is 0 Å². The van der Waals surface area contributed by atoms with Gasteiger partial charge in [0.1, 0.15) is 12.4 Å². The van der Waals surface area contributed by atoms with Crippen LogP contribution in [-0.4, -0.2) is 9.78 Å². The Balaban J connectivity index is 2.24. The molecule has 0 unspecified atom stereocenters. The van der Waals surface area contributed by atoms with E-state index < -0.39 is 0 Å². The largest absolute Gasteiger partial charge is 0.487 e. The van der Waals surface area contributed by atoms with Gasteiger partial charge in [-0.1, -0.05) is 50.6 Å². The molecule has 0 radical (unpaired) electrons. The number of aryl methyl sites for hydroxylation is 2. The minimum absolute atomic E-state index is 0.0444. The van der Waals surface area contributed by atoms with E-state index in [0.717, 1.165) is 17.1 Å². The molecular weight excluding hydrogens is 272 g/mol. The summed E-state index contributed by atoms with van der Waals surface area (Å²) in [5.74, 6) is 0.898. The molecular formula is C16H21ClN2O. The third-order valence-electron chi connectivity index (χ3n) is 3.32. The molecule has 0 saturated carbocycles. The summed E-state index contributed by atoms with van der Waals surface area (Å²) in [7, 11) is 1.88. The number of rotatable bonds is 3. The number of ether oxygens (including phenoxy) is 1. The van der Waals surface area contributed by atoms with Crippen LogP contribution in [0.25, 0.3) is 0 Å². The summed E-state index contributed by atoms with van der Waals surface area (Å²) < 4.78 is 7.75. The van der Waals surface area contributed by atoms with Crippen molar-refractivity contribution in [3.05, 3.63) is 46.2 Å². The Bertz CT molecular complexity index is 611. The first-order valence-corrected chi connectivity index (χ1v) is 7.09. The summed E-state index contributed by atoms with van der Waals surface area (Å²) in [6.45, 7) is 8.85. The molecule has 108 valence electrons. The van der Waals surface area contributed by atoms with Crippen molar-refractivity contribution in [3.63, 3.8) is 0 Å². The van der Waals surface area contributed by atoms with E-state index in [2.05, 4.69) is 31.9 Å². The molecule has 2 rings (SSSR count). The van der Waals surface area contributed by atoms with E-state index in [0.29, 0.717) is 11.6 Å². The smallest absolute Gasteiger partial charge is 0.131 e. The van der Waals surface area contributed by atoms with Crippen LogP contribution in [0.15, 0.2) is 24.3 Å². The molecule has 3 nitrogen and oxygen atoms in total. The summed E-state index contributed by atoms with van der Waals surface area (Å²) in [6, 6.07) is 8.12. The average Bonchev–Trinajstić information content (AvgIpc) is 2.60. The minimum Gasteiger partial charge on any atom is -0.487 e. The Morgan fingerprint density at radius 3 is 2.45 bits per heavy atom. The van der Waals surface area contributed by atoms with Crippen molar-refractivity contribution in [1.29, 1.82) is 0 Å². The summed E-state index contributed by atoms with van der Waals surface area (Å²) in [4.78, 5) is 0. The highest BCUT2D eigenvalue weighted by atomic mass is 35.5. The van der Waals surface area contributed by atoms with Crippen LogP contribution in [0.2, 0.25) is 5.02 Å². The second-order valence-electron chi connectivity index (χ2n) is 6.00. The highest BCUT2D eigenvalue weighted by molar-refractivity contribution is 6.31. The molecule has 1 aromatic heterocycles. The van der Waals surface area contributed by atoms with Crippen LogP contribution >= 0.6 is 11.6 Å². The number of benzene rings is 1. The highest BCUT2D eigenvalue weighted by Crippen LogP contribution is 2.32. The van der Waals surface area contributed by atoms with Gasteiger partial charge in [0, 0.05) is 7.05 Å².